The topological polar surface area (TPSA) is 76.2 Å². The summed E-state index contributed by atoms with van der Waals surface area (Å²) in [6.07, 6.45) is 0.815. The van der Waals surface area contributed by atoms with Crippen LogP contribution in [0.4, 0.5) is 20.3 Å². The Morgan fingerprint density at radius 3 is 2.61 bits per heavy atom. The lowest BCUT2D eigenvalue weighted by Gasteiger charge is -2.32. The van der Waals surface area contributed by atoms with Crippen LogP contribution in [-0.2, 0) is 17.9 Å². The third-order valence-electron chi connectivity index (χ3n) is 6.13. The van der Waals surface area contributed by atoms with Gasteiger partial charge in [0.25, 0.3) is 0 Å². The van der Waals surface area contributed by atoms with Gasteiger partial charge in [0.05, 0.1) is 17.6 Å². The van der Waals surface area contributed by atoms with Crippen molar-refractivity contribution in [2.24, 2.45) is 11.7 Å². The summed E-state index contributed by atoms with van der Waals surface area (Å²) in [6, 6.07) is 9.88. The van der Waals surface area contributed by atoms with Gasteiger partial charge in [-0.1, -0.05) is 31.9 Å². The molecule has 3 N–H and O–H groups in total. The van der Waals surface area contributed by atoms with E-state index in [0.717, 1.165) is 6.42 Å². The van der Waals surface area contributed by atoms with Gasteiger partial charge in [-0.25, -0.2) is 13.8 Å². The van der Waals surface area contributed by atoms with Gasteiger partial charge in [0.1, 0.15) is 29.0 Å². The molecule has 9 heteroatoms. The zero-order chi connectivity index (χ0) is 23.7. The zero-order valence-electron chi connectivity index (χ0n) is 18.5. The minimum atomic E-state index is -0.567. The Balaban J connectivity index is 1.70. The predicted octanol–water partition coefficient (Wildman–Crippen LogP) is 4.94. The van der Waals surface area contributed by atoms with Gasteiger partial charge in [-0.05, 0) is 48.4 Å². The average Bonchev–Trinajstić information content (AvgIpc) is 3.17. The van der Waals surface area contributed by atoms with Crippen LogP contribution in [0.2, 0.25) is 5.02 Å². The molecule has 1 aromatic heterocycles. The molecule has 6 nitrogen and oxygen atoms in total. The van der Waals surface area contributed by atoms with Crippen molar-refractivity contribution >= 4 is 29.0 Å². The monoisotopic (exact) mass is 473 g/mol. The minimum absolute atomic E-state index is 0.0291. The van der Waals surface area contributed by atoms with Gasteiger partial charge in [-0.15, -0.1) is 0 Å². The lowest BCUT2D eigenvalue weighted by atomic mass is 9.98. The molecule has 4 rings (SSSR count). The quantitative estimate of drug-likeness (QED) is 0.531. The first-order valence-electron chi connectivity index (χ1n) is 10.9. The molecule has 1 aliphatic rings. The number of anilines is 2. The highest BCUT2D eigenvalue weighted by atomic mass is 35.5. The standard InChI is InChI=1S/C24H26ClF2N5O/c1-3-14(2)21(28)24(33)31-10-11-32-20(13-31)30-22(15-4-6-16(26)7-5-15)23(32)29-17-8-9-18(25)19(27)12-17/h4-9,12,14,21,29H,3,10-11,13,28H2,1-2H3/t14-,21-/m0/s1. The second-order valence-corrected chi connectivity index (χ2v) is 8.72. The maximum absolute atomic E-state index is 14.0. The Kier molecular flexibility index (Phi) is 6.67. The van der Waals surface area contributed by atoms with E-state index in [1.807, 2.05) is 18.4 Å². The van der Waals surface area contributed by atoms with Crippen LogP contribution in [0, 0.1) is 17.6 Å². The third-order valence-corrected chi connectivity index (χ3v) is 6.43. The molecule has 3 aromatic rings. The Morgan fingerprint density at radius 1 is 1.21 bits per heavy atom. The third kappa shape index (κ3) is 4.72. The van der Waals surface area contributed by atoms with E-state index in [1.165, 1.54) is 24.3 Å². The molecule has 0 unspecified atom stereocenters. The number of nitrogens with two attached hydrogens (primary N) is 1. The average molecular weight is 474 g/mol. The molecule has 0 bridgehead atoms. The van der Waals surface area contributed by atoms with Crippen LogP contribution in [0.3, 0.4) is 0 Å². The first-order valence-corrected chi connectivity index (χ1v) is 11.3. The van der Waals surface area contributed by atoms with Crippen molar-refractivity contribution in [2.75, 3.05) is 11.9 Å². The van der Waals surface area contributed by atoms with Gasteiger partial charge in [0.15, 0.2) is 0 Å². The number of fused-ring (bicyclic) bond motifs is 1. The molecule has 0 saturated heterocycles. The molecule has 2 aromatic carbocycles. The summed E-state index contributed by atoms with van der Waals surface area (Å²) in [4.78, 5) is 19.4. The molecule has 33 heavy (non-hydrogen) atoms. The van der Waals surface area contributed by atoms with Crippen LogP contribution in [0.15, 0.2) is 42.5 Å². The zero-order valence-corrected chi connectivity index (χ0v) is 19.2. The van der Waals surface area contributed by atoms with Crippen LogP contribution >= 0.6 is 11.6 Å². The minimum Gasteiger partial charge on any atom is -0.340 e. The largest absolute Gasteiger partial charge is 0.340 e. The maximum Gasteiger partial charge on any atom is 0.240 e. The van der Waals surface area contributed by atoms with E-state index in [1.54, 1.807) is 23.1 Å². The number of aromatic nitrogens is 2. The van der Waals surface area contributed by atoms with Crippen LogP contribution in [-0.4, -0.2) is 32.9 Å². The smallest absolute Gasteiger partial charge is 0.240 e. The fourth-order valence-corrected chi connectivity index (χ4v) is 3.99. The number of rotatable bonds is 6. The lowest BCUT2D eigenvalue weighted by molar-refractivity contribution is -0.135. The van der Waals surface area contributed by atoms with Gasteiger partial charge in [-0.2, -0.15) is 0 Å². The van der Waals surface area contributed by atoms with Gasteiger partial charge in [0, 0.05) is 24.3 Å². The van der Waals surface area contributed by atoms with E-state index in [4.69, 9.17) is 22.3 Å². The molecule has 0 radical (unpaired) electrons. The van der Waals surface area contributed by atoms with Crippen LogP contribution in [0.1, 0.15) is 26.1 Å². The summed E-state index contributed by atoms with van der Waals surface area (Å²) >= 11 is 5.82. The second-order valence-electron chi connectivity index (χ2n) is 8.31. The van der Waals surface area contributed by atoms with Crippen molar-refractivity contribution in [3.05, 3.63) is 64.9 Å². The number of nitrogens with zero attached hydrogens (tertiary/aromatic N) is 3. The number of imidazole rings is 1. The van der Waals surface area contributed by atoms with Crippen molar-refractivity contribution in [3.63, 3.8) is 0 Å². The molecule has 2 heterocycles. The van der Waals surface area contributed by atoms with Gasteiger partial charge in [0.2, 0.25) is 5.91 Å². The first-order chi connectivity index (χ1) is 15.8. The summed E-state index contributed by atoms with van der Waals surface area (Å²) in [5, 5.41) is 3.27. The van der Waals surface area contributed by atoms with E-state index < -0.39 is 11.9 Å². The van der Waals surface area contributed by atoms with Crippen molar-refractivity contribution in [2.45, 2.75) is 39.4 Å². The summed E-state index contributed by atoms with van der Waals surface area (Å²) in [6.45, 7) is 5.23. The van der Waals surface area contributed by atoms with Crippen LogP contribution in [0.5, 0.6) is 0 Å². The molecule has 0 saturated carbocycles. The summed E-state index contributed by atoms with van der Waals surface area (Å²) in [5.41, 5.74) is 7.96. The first kappa shape index (κ1) is 23.2. The molecular formula is C24H26ClF2N5O. The number of hydrogen-bond acceptors (Lipinski definition) is 4. The summed E-state index contributed by atoms with van der Waals surface area (Å²) < 4.78 is 29.5. The Bertz CT molecular complexity index is 1160. The molecule has 174 valence electrons. The molecule has 1 aliphatic heterocycles. The van der Waals surface area contributed by atoms with Crippen molar-refractivity contribution < 1.29 is 13.6 Å². The number of nitrogens with one attached hydrogen (secondary N) is 1. The van der Waals surface area contributed by atoms with Gasteiger partial charge >= 0.3 is 0 Å². The normalized spacial score (nSPS) is 15.2. The number of halogens is 3. The number of carbonyl (C=O) groups excluding carboxylic acids is 1. The number of amides is 1. The van der Waals surface area contributed by atoms with Crippen LogP contribution < -0.4 is 11.1 Å². The van der Waals surface area contributed by atoms with E-state index in [-0.39, 0.29) is 22.7 Å². The van der Waals surface area contributed by atoms with Crippen molar-refractivity contribution in [1.29, 1.82) is 0 Å². The fraction of sp³-hybridized carbons (Fsp3) is 0.333. The highest BCUT2D eigenvalue weighted by Gasteiger charge is 2.31. The van der Waals surface area contributed by atoms with E-state index in [9.17, 15) is 13.6 Å². The SMILES string of the molecule is CC[C@H](C)[C@H](N)C(=O)N1CCn2c(nc(-c3ccc(F)cc3)c2Nc2ccc(Cl)c(F)c2)C1. The maximum atomic E-state index is 14.0. The molecule has 0 fully saturated rings. The van der Waals surface area contributed by atoms with Gasteiger partial charge < -0.3 is 20.5 Å². The van der Waals surface area contributed by atoms with Crippen molar-refractivity contribution in [1.82, 2.24) is 14.5 Å². The van der Waals surface area contributed by atoms with Gasteiger partial charge in [-0.3, -0.25) is 4.79 Å². The Labute approximate surface area is 196 Å². The molecular weight excluding hydrogens is 448 g/mol. The molecule has 0 spiro atoms. The molecule has 2 atom stereocenters. The predicted molar refractivity (Wildman–Crippen MR) is 125 cm³/mol. The summed E-state index contributed by atoms with van der Waals surface area (Å²) in [7, 11) is 0. The fourth-order valence-electron chi connectivity index (χ4n) is 3.87. The highest BCUT2D eigenvalue weighted by Crippen LogP contribution is 2.34. The lowest BCUT2D eigenvalue weighted by Crippen LogP contribution is -2.49. The number of carbonyl (C=O) groups is 1. The highest BCUT2D eigenvalue weighted by molar-refractivity contribution is 6.30. The van der Waals surface area contributed by atoms with E-state index >= 15 is 0 Å². The van der Waals surface area contributed by atoms with E-state index in [0.29, 0.717) is 48.2 Å². The van der Waals surface area contributed by atoms with Crippen LogP contribution in [0.25, 0.3) is 11.3 Å². The molecule has 1 amide bonds. The summed E-state index contributed by atoms with van der Waals surface area (Å²) in [5.74, 6) is 0.382. The van der Waals surface area contributed by atoms with Crippen molar-refractivity contribution in [3.8, 4) is 11.3 Å². The Hall–Kier alpha value is -2.97. The Morgan fingerprint density at radius 2 is 1.94 bits per heavy atom. The molecule has 0 aliphatic carbocycles. The number of benzene rings is 2. The second kappa shape index (κ2) is 9.49. The van der Waals surface area contributed by atoms with E-state index in [2.05, 4.69) is 5.32 Å². The number of hydrogen-bond donors (Lipinski definition) is 2.